The van der Waals surface area contributed by atoms with Gasteiger partial charge in [0.25, 0.3) is 0 Å². The molecule has 7 nitrogen and oxygen atoms in total. The van der Waals surface area contributed by atoms with Crippen LogP contribution in [0.1, 0.15) is 43.1 Å². The Kier molecular flexibility index (Phi) is 8.39. The van der Waals surface area contributed by atoms with E-state index in [4.69, 9.17) is 9.84 Å². The van der Waals surface area contributed by atoms with Crippen LogP contribution in [0.5, 0.6) is 5.75 Å². The third-order valence-corrected chi connectivity index (χ3v) is 6.88. The molecule has 162 valence electrons. The van der Waals surface area contributed by atoms with Gasteiger partial charge in [0.05, 0.1) is 6.61 Å². The van der Waals surface area contributed by atoms with Crippen molar-refractivity contribution >= 4 is 40.7 Å². The number of aromatic carboxylic acids is 1. The predicted octanol–water partition coefficient (Wildman–Crippen LogP) is 4.22. The Hall–Kier alpha value is -2.26. The largest absolute Gasteiger partial charge is 0.494 e. The maximum atomic E-state index is 12.3. The molecule has 1 aromatic heterocycles. The van der Waals surface area contributed by atoms with Gasteiger partial charge in [-0.3, -0.25) is 4.79 Å². The van der Waals surface area contributed by atoms with Crippen molar-refractivity contribution in [3.8, 4) is 5.75 Å². The molecule has 2 heterocycles. The fourth-order valence-corrected chi connectivity index (χ4v) is 5.01. The molecule has 1 aromatic carbocycles. The van der Waals surface area contributed by atoms with E-state index in [1.165, 1.54) is 23.1 Å². The summed E-state index contributed by atoms with van der Waals surface area (Å²) in [5, 5.41) is 13.9. The van der Waals surface area contributed by atoms with Crippen molar-refractivity contribution in [2.75, 3.05) is 30.8 Å². The lowest BCUT2D eigenvalue weighted by Gasteiger charge is -2.25. The molecular formula is C21H27N3O4S2. The van der Waals surface area contributed by atoms with Crippen molar-refractivity contribution in [3.05, 3.63) is 35.3 Å². The van der Waals surface area contributed by atoms with Crippen LogP contribution in [0.2, 0.25) is 0 Å². The molecule has 1 amide bonds. The molecule has 9 heteroatoms. The van der Waals surface area contributed by atoms with Crippen LogP contribution in [0.15, 0.2) is 34.0 Å². The number of carbonyl (C=O) groups is 2. The van der Waals surface area contributed by atoms with Crippen molar-refractivity contribution < 1.29 is 19.4 Å². The van der Waals surface area contributed by atoms with Crippen LogP contribution >= 0.6 is 23.1 Å². The highest BCUT2D eigenvalue weighted by atomic mass is 32.2. The predicted molar refractivity (Wildman–Crippen MR) is 120 cm³/mol. The number of carboxylic acids is 1. The smallest absolute Gasteiger partial charge is 0.355 e. The maximum Gasteiger partial charge on any atom is 0.355 e. The van der Waals surface area contributed by atoms with Crippen LogP contribution in [-0.2, 0) is 4.79 Å². The molecule has 1 aliphatic rings. The van der Waals surface area contributed by atoms with Gasteiger partial charge < -0.3 is 20.1 Å². The fourth-order valence-electron chi connectivity index (χ4n) is 3.20. The number of carboxylic acid groups (broad SMARTS) is 1. The number of rotatable bonds is 12. The lowest BCUT2D eigenvalue weighted by atomic mass is 10.2. The molecule has 1 fully saturated rings. The molecule has 2 N–H and O–H groups in total. The number of anilines is 1. The van der Waals surface area contributed by atoms with Crippen molar-refractivity contribution in [1.29, 1.82) is 0 Å². The Labute approximate surface area is 184 Å². The Morgan fingerprint density at radius 3 is 2.90 bits per heavy atom. The summed E-state index contributed by atoms with van der Waals surface area (Å²) in [6.45, 7) is 4.20. The summed E-state index contributed by atoms with van der Waals surface area (Å²) in [5.41, 5.74) is 1.08. The number of benzene rings is 1. The number of unbranched alkanes of at least 4 members (excludes halogenated alkanes) is 1. The topological polar surface area (TPSA) is 91.8 Å². The van der Waals surface area contributed by atoms with E-state index in [0.29, 0.717) is 25.3 Å². The molecule has 3 rings (SSSR count). The van der Waals surface area contributed by atoms with Gasteiger partial charge in [-0.25, -0.2) is 9.78 Å². The van der Waals surface area contributed by atoms with Crippen LogP contribution in [0.25, 0.3) is 0 Å². The molecule has 1 aliphatic heterocycles. The van der Waals surface area contributed by atoms with E-state index in [2.05, 4.69) is 17.2 Å². The van der Waals surface area contributed by atoms with Gasteiger partial charge in [-0.2, -0.15) is 0 Å². The summed E-state index contributed by atoms with van der Waals surface area (Å²) >= 11 is 2.81. The summed E-state index contributed by atoms with van der Waals surface area (Å²) in [6.07, 6.45) is 3.58. The van der Waals surface area contributed by atoms with Gasteiger partial charge in [0.2, 0.25) is 5.91 Å². The molecule has 0 spiro atoms. The Morgan fingerprint density at radius 1 is 1.40 bits per heavy atom. The lowest BCUT2D eigenvalue weighted by molar-refractivity contribution is -0.128. The Balaban J connectivity index is 1.44. The number of hydrogen-bond donors (Lipinski definition) is 2. The van der Waals surface area contributed by atoms with Crippen LogP contribution in [0.4, 0.5) is 5.69 Å². The van der Waals surface area contributed by atoms with E-state index in [1.807, 2.05) is 29.2 Å². The van der Waals surface area contributed by atoms with Crippen molar-refractivity contribution in [2.24, 2.45) is 0 Å². The zero-order valence-corrected chi connectivity index (χ0v) is 18.6. The third kappa shape index (κ3) is 6.37. The minimum Gasteiger partial charge on any atom is -0.494 e. The van der Waals surface area contributed by atoms with Gasteiger partial charge >= 0.3 is 5.97 Å². The highest BCUT2D eigenvalue weighted by Crippen LogP contribution is 2.25. The van der Waals surface area contributed by atoms with Gasteiger partial charge in [0.1, 0.15) is 5.75 Å². The van der Waals surface area contributed by atoms with E-state index in [1.54, 1.807) is 5.38 Å². The molecule has 1 saturated heterocycles. The molecule has 0 radical (unpaired) electrons. The summed E-state index contributed by atoms with van der Waals surface area (Å²) in [5.74, 6) is 0.724. The number of nitrogens with zero attached hydrogens (tertiary/aromatic N) is 2. The van der Waals surface area contributed by atoms with Crippen molar-refractivity contribution in [1.82, 2.24) is 9.88 Å². The summed E-state index contributed by atoms with van der Waals surface area (Å²) in [6, 6.07) is 8.09. The number of thioether (sulfide) groups is 1. The van der Waals surface area contributed by atoms with E-state index in [0.717, 1.165) is 41.6 Å². The van der Waals surface area contributed by atoms with Gasteiger partial charge in [-0.15, -0.1) is 11.3 Å². The zero-order chi connectivity index (χ0) is 21.3. The Bertz CT molecular complexity index is 841. The van der Waals surface area contributed by atoms with Gasteiger partial charge in [0, 0.05) is 42.4 Å². The average molecular weight is 450 g/mol. The average Bonchev–Trinajstić information content (AvgIpc) is 3.35. The monoisotopic (exact) mass is 449 g/mol. The molecule has 30 heavy (non-hydrogen) atoms. The maximum absolute atomic E-state index is 12.3. The molecule has 1 atom stereocenters. The number of carbonyl (C=O) groups excluding carboxylic acids is 1. The van der Waals surface area contributed by atoms with Gasteiger partial charge in [-0.05, 0) is 37.1 Å². The van der Waals surface area contributed by atoms with E-state index in [9.17, 15) is 9.59 Å². The van der Waals surface area contributed by atoms with E-state index >= 15 is 0 Å². The first-order chi connectivity index (χ1) is 14.6. The first-order valence-corrected chi connectivity index (χ1v) is 12.0. The van der Waals surface area contributed by atoms with E-state index in [-0.39, 0.29) is 17.6 Å². The number of thiazole rings is 1. The second-order valence-electron chi connectivity index (χ2n) is 7.04. The molecule has 2 aromatic rings. The van der Waals surface area contributed by atoms with Crippen molar-refractivity contribution in [2.45, 2.75) is 43.0 Å². The van der Waals surface area contributed by atoms with Crippen LogP contribution in [-0.4, -0.2) is 58.4 Å². The molecule has 0 aliphatic carbocycles. The number of ether oxygens (including phenoxy) is 1. The highest BCUT2D eigenvalue weighted by Gasteiger charge is 2.30. The molecule has 1 unspecified atom stereocenters. The Morgan fingerprint density at radius 2 is 2.20 bits per heavy atom. The molecule has 0 bridgehead atoms. The second kappa shape index (κ2) is 11.2. The normalized spacial score (nSPS) is 16.1. The number of likely N-dealkylation sites (tertiary alicyclic amines) is 1. The van der Waals surface area contributed by atoms with Crippen LogP contribution in [0.3, 0.4) is 0 Å². The summed E-state index contributed by atoms with van der Waals surface area (Å²) < 4.78 is 6.40. The van der Waals surface area contributed by atoms with Gasteiger partial charge in [-0.1, -0.05) is 25.1 Å². The molecular weight excluding hydrogens is 422 g/mol. The minimum atomic E-state index is -1.01. The summed E-state index contributed by atoms with van der Waals surface area (Å²) in [4.78, 5) is 29.2. The first-order valence-electron chi connectivity index (χ1n) is 10.1. The SMILES string of the molecule is CCCCOc1ccc(NCC2CCC(=O)N2CCSc2nc(C(=O)O)cs2)cc1. The highest BCUT2D eigenvalue weighted by molar-refractivity contribution is 8.01. The minimum absolute atomic E-state index is 0.0728. The fraction of sp³-hybridized carbons (Fsp3) is 0.476. The quantitative estimate of drug-likeness (QED) is 0.370. The van der Waals surface area contributed by atoms with Crippen LogP contribution < -0.4 is 10.1 Å². The standard InChI is InChI=1S/C21H27N3O4S2/c1-2-3-11-28-17-7-4-15(5-8-17)22-13-16-6-9-19(25)24(16)10-12-29-21-23-18(14-30-21)20(26)27/h4-5,7-8,14,16,22H,2-3,6,9-13H2,1H3,(H,26,27). The number of amides is 1. The van der Waals surface area contributed by atoms with Crippen molar-refractivity contribution in [3.63, 3.8) is 0 Å². The first kappa shape index (κ1) is 22.4. The number of aromatic nitrogens is 1. The lowest BCUT2D eigenvalue weighted by Crippen LogP contribution is -2.39. The van der Waals surface area contributed by atoms with Crippen LogP contribution in [0, 0.1) is 0 Å². The van der Waals surface area contributed by atoms with Gasteiger partial charge in [0.15, 0.2) is 10.0 Å². The summed E-state index contributed by atoms with van der Waals surface area (Å²) in [7, 11) is 0. The third-order valence-electron chi connectivity index (χ3n) is 4.88. The van der Waals surface area contributed by atoms with E-state index < -0.39 is 5.97 Å². The molecule has 0 saturated carbocycles. The zero-order valence-electron chi connectivity index (χ0n) is 17.0. The number of hydrogen-bond acceptors (Lipinski definition) is 7. The number of nitrogens with one attached hydrogen (secondary N) is 1. The second-order valence-corrected chi connectivity index (χ2v) is 9.24.